The quantitative estimate of drug-likeness (QED) is 0.362. The van der Waals surface area contributed by atoms with Crippen LogP contribution in [0.3, 0.4) is 0 Å². The maximum Gasteiger partial charge on any atom is 0.310 e. The van der Waals surface area contributed by atoms with E-state index in [1.807, 2.05) is 11.8 Å². The van der Waals surface area contributed by atoms with Gasteiger partial charge in [0, 0.05) is 37.3 Å². The number of rotatable bonds is 7. The Bertz CT molecular complexity index is 1220. The monoisotopic (exact) mass is 460 g/mol. The molecule has 1 amide bonds. The highest BCUT2D eigenvalue weighted by Crippen LogP contribution is 2.30. The Morgan fingerprint density at radius 3 is 2.78 bits per heavy atom. The molecule has 0 bridgehead atoms. The van der Waals surface area contributed by atoms with Crippen LogP contribution in [0, 0.1) is 0 Å². The highest BCUT2D eigenvalue weighted by molar-refractivity contribution is 7.92. The summed E-state index contributed by atoms with van der Waals surface area (Å²) in [6, 6.07) is 9.04. The van der Waals surface area contributed by atoms with Crippen LogP contribution in [0.1, 0.15) is 30.3 Å². The molecule has 1 saturated heterocycles. The van der Waals surface area contributed by atoms with Crippen molar-refractivity contribution >= 4 is 38.4 Å². The highest BCUT2D eigenvalue weighted by Gasteiger charge is 2.24. The summed E-state index contributed by atoms with van der Waals surface area (Å²) in [7, 11) is -3.95. The number of nitrogens with one attached hydrogen (secondary N) is 2. The van der Waals surface area contributed by atoms with Crippen LogP contribution < -0.4 is 15.1 Å². The van der Waals surface area contributed by atoms with Gasteiger partial charge in [-0.1, -0.05) is 0 Å². The molecule has 1 aromatic carbocycles. The van der Waals surface area contributed by atoms with Gasteiger partial charge < -0.3 is 14.1 Å². The van der Waals surface area contributed by atoms with Crippen LogP contribution in [-0.2, 0) is 14.8 Å². The van der Waals surface area contributed by atoms with Gasteiger partial charge in [-0.3, -0.25) is 14.7 Å². The first kappa shape index (κ1) is 22.1. The summed E-state index contributed by atoms with van der Waals surface area (Å²) in [5, 5.41) is 9.28. The molecule has 0 spiro atoms. The Labute approximate surface area is 185 Å². The summed E-state index contributed by atoms with van der Waals surface area (Å²) >= 11 is 0. The Hall–Kier alpha value is -3.15. The number of ether oxygens (including phenoxy) is 1. The van der Waals surface area contributed by atoms with E-state index >= 15 is 0 Å². The van der Waals surface area contributed by atoms with Gasteiger partial charge >= 0.3 is 5.91 Å². The van der Waals surface area contributed by atoms with Crippen molar-refractivity contribution in [3.05, 3.63) is 48.4 Å². The second-order valence-electron chi connectivity index (χ2n) is 7.37. The minimum atomic E-state index is -3.95. The zero-order chi connectivity index (χ0) is 22.7. The van der Waals surface area contributed by atoms with Gasteiger partial charge in [0.2, 0.25) is 0 Å². The third-order valence-electron chi connectivity index (χ3n) is 5.30. The molecule has 0 radical (unpaired) electrons. The molecular weight excluding hydrogens is 436 g/mol. The van der Waals surface area contributed by atoms with E-state index in [0.29, 0.717) is 36.6 Å². The average Bonchev–Trinajstić information content (AvgIpc) is 3.23. The largest absolute Gasteiger partial charge is 0.451 e. The second-order valence-corrected chi connectivity index (χ2v) is 9.06. The number of carbonyl (C=O) groups is 1. The molecule has 3 aromatic rings. The van der Waals surface area contributed by atoms with E-state index in [-0.39, 0.29) is 22.3 Å². The lowest BCUT2D eigenvalue weighted by Crippen LogP contribution is -2.38. The van der Waals surface area contributed by atoms with Crippen molar-refractivity contribution in [1.29, 1.82) is 0 Å². The molecule has 32 heavy (non-hydrogen) atoms. The number of carbonyl (C=O) groups excluding carboxylic acids is 1. The van der Waals surface area contributed by atoms with Crippen molar-refractivity contribution in [1.82, 2.24) is 10.5 Å². The number of benzene rings is 1. The Kier molecular flexibility index (Phi) is 6.31. The van der Waals surface area contributed by atoms with Gasteiger partial charge in [0.1, 0.15) is 5.58 Å². The number of hydrogen-bond acceptors (Lipinski definition) is 8. The van der Waals surface area contributed by atoms with E-state index in [1.54, 1.807) is 18.3 Å². The molecule has 4 rings (SSSR count). The molecule has 3 heterocycles. The minimum absolute atomic E-state index is 0.0276. The number of hydrogen-bond donors (Lipinski definition) is 3. The SMILES string of the molecule is CCOC1CCN(c2ncccc2NS(=O)(=O)c2ccc3cc(C(=O)NO)oc3c2)CC1. The van der Waals surface area contributed by atoms with Gasteiger partial charge in [0.25, 0.3) is 10.0 Å². The number of amides is 1. The van der Waals surface area contributed by atoms with Crippen LogP contribution in [0.4, 0.5) is 11.5 Å². The molecule has 3 N–H and O–H groups in total. The molecule has 1 aliphatic rings. The Morgan fingerprint density at radius 2 is 2.06 bits per heavy atom. The summed E-state index contributed by atoms with van der Waals surface area (Å²) in [5.41, 5.74) is 2.07. The predicted molar refractivity (Wildman–Crippen MR) is 117 cm³/mol. The van der Waals surface area contributed by atoms with E-state index < -0.39 is 15.9 Å². The lowest BCUT2D eigenvalue weighted by Gasteiger charge is -2.33. The molecule has 0 unspecified atom stereocenters. The number of pyridine rings is 1. The Balaban J connectivity index is 1.57. The fraction of sp³-hybridized carbons (Fsp3) is 0.333. The summed E-state index contributed by atoms with van der Waals surface area (Å²) in [4.78, 5) is 18.0. The van der Waals surface area contributed by atoms with Gasteiger partial charge in [0.05, 0.1) is 16.7 Å². The van der Waals surface area contributed by atoms with E-state index in [1.165, 1.54) is 29.7 Å². The van der Waals surface area contributed by atoms with E-state index in [2.05, 4.69) is 9.71 Å². The molecule has 0 atom stereocenters. The third-order valence-corrected chi connectivity index (χ3v) is 6.67. The molecule has 2 aromatic heterocycles. The predicted octanol–water partition coefficient (Wildman–Crippen LogP) is 2.75. The molecular formula is C21H24N4O6S. The van der Waals surface area contributed by atoms with Gasteiger partial charge in [-0.2, -0.15) is 0 Å². The van der Waals surface area contributed by atoms with Crippen LogP contribution >= 0.6 is 0 Å². The lowest BCUT2D eigenvalue weighted by molar-refractivity contribution is 0.0458. The van der Waals surface area contributed by atoms with E-state index in [4.69, 9.17) is 14.4 Å². The molecule has 11 heteroatoms. The van der Waals surface area contributed by atoms with Crippen molar-refractivity contribution in [2.75, 3.05) is 29.3 Å². The number of furan rings is 1. The zero-order valence-corrected chi connectivity index (χ0v) is 18.3. The maximum absolute atomic E-state index is 13.1. The number of nitrogens with zero attached hydrogens (tertiary/aromatic N) is 2. The first-order valence-corrected chi connectivity index (χ1v) is 11.7. The van der Waals surface area contributed by atoms with Crippen molar-refractivity contribution < 1.29 is 27.6 Å². The zero-order valence-electron chi connectivity index (χ0n) is 17.4. The number of sulfonamides is 1. The molecule has 0 saturated carbocycles. The van der Waals surface area contributed by atoms with Crippen molar-refractivity contribution in [3.63, 3.8) is 0 Å². The summed E-state index contributed by atoms with van der Waals surface area (Å²) in [5.74, 6) is -0.390. The average molecular weight is 461 g/mol. The summed E-state index contributed by atoms with van der Waals surface area (Å²) in [6.07, 6.45) is 3.52. The first-order chi connectivity index (χ1) is 15.4. The third kappa shape index (κ3) is 4.54. The molecule has 1 fully saturated rings. The maximum atomic E-state index is 13.1. The molecule has 0 aliphatic carbocycles. The smallest absolute Gasteiger partial charge is 0.310 e. The standard InChI is InChI=1S/C21H24N4O6S/c1-2-30-15-7-10-25(11-8-15)20-17(4-3-9-22-20)24-32(28,29)16-6-5-14-12-19(21(26)23-27)31-18(14)13-16/h3-6,9,12-13,15,24,27H,2,7-8,10-11H2,1H3,(H,23,26). The lowest BCUT2D eigenvalue weighted by atomic mass is 10.1. The van der Waals surface area contributed by atoms with Crippen molar-refractivity contribution in [3.8, 4) is 0 Å². The summed E-state index contributed by atoms with van der Waals surface area (Å²) < 4.78 is 39.8. The fourth-order valence-corrected chi connectivity index (χ4v) is 4.82. The number of anilines is 2. The fourth-order valence-electron chi connectivity index (χ4n) is 3.75. The number of aromatic nitrogens is 1. The van der Waals surface area contributed by atoms with Gasteiger partial charge in [-0.25, -0.2) is 18.9 Å². The van der Waals surface area contributed by atoms with Crippen LogP contribution in [0.25, 0.3) is 11.0 Å². The van der Waals surface area contributed by atoms with Crippen molar-refractivity contribution in [2.24, 2.45) is 0 Å². The number of piperidine rings is 1. The van der Waals surface area contributed by atoms with Crippen LogP contribution in [0.5, 0.6) is 0 Å². The molecule has 170 valence electrons. The van der Waals surface area contributed by atoms with Crippen LogP contribution in [0.15, 0.2) is 51.9 Å². The van der Waals surface area contributed by atoms with Gasteiger partial charge in [-0.15, -0.1) is 0 Å². The van der Waals surface area contributed by atoms with E-state index in [9.17, 15) is 13.2 Å². The molecule has 1 aliphatic heterocycles. The van der Waals surface area contributed by atoms with Crippen molar-refractivity contribution in [2.45, 2.75) is 30.8 Å². The molecule has 10 nitrogen and oxygen atoms in total. The van der Waals surface area contributed by atoms with Crippen LogP contribution in [0.2, 0.25) is 0 Å². The highest BCUT2D eigenvalue weighted by atomic mass is 32.2. The van der Waals surface area contributed by atoms with Gasteiger partial charge in [-0.05, 0) is 50.1 Å². The number of fused-ring (bicyclic) bond motifs is 1. The first-order valence-electron chi connectivity index (χ1n) is 10.2. The topological polar surface area (TPSA) is 134 Å². The van der Waals surface area contributed by atoms with Crippen LogP contribution in [-0.4, -0.2) is 50.3 Å². The normalized spacial score (nSPS) is 15.1. The van der Waals surface area contributed by atoms with Gasteiger partial charge in [0.15, 0.2) is 11.6 Å². The number of hydroxylamine groups is 1. The minimum Gasteiger partial charge on any atom is -0.451 e. The second kappa shape index (κ2) is 9.15. The summed E-state index contributed by atoms with van der Waals surface area (Å²) in [6.45, 7) is 4.07. The Morgan fingerprint density at radius 1 is 1.28 bits per heavy atom. The van der Waals surface area contributed by atoms with E-state index in [0.717, 1.165) is 12.8 Å².